The highest BCUT2D eigenvalue weighted by molar-refractivity contribution is 6.08. The van der Waals surface area contributed by atoms with Crippen LogP contribution in [0.25, 0.3) is 0 Å². The van der Waals surface area contributed by atoms with Crippen LogP contribution in [-0.2, 0) is 20.4 Å². The zero-order chi connectivity index (χ0) is 13.9. The number of nitrogens with one attached hydrogen (secondary N) is 3. The molecule has 0 heterocycles. The second kappa shape index (κ2) is 23.4. The van der Waals surface area contributed by atoms with Crippen molar-refractivity contribution in [3.63, 3.8) is 0 Å². The molecule has 0 bridgehead atoms. The Hall–Kier alpha value is -2.42. The standard InChI is InChI=1S/C7H10Si.3CHNO/c8-6-7-4-2-1-3-5-7;3*2-1-3/h1-5H,6H2,8H3;3*2H. The van der Waals surface area contributed by atoms with Crippen LogP contribution in [0, 0.1) is 16.2 Å². The summed E-state index contributed by atoms with van der Waals surface area (Å²) >= 11 is 0. The highest BCUT2D eigenvalue weighted by Gasteiger charge is 1.80. The molecule has 0 aliphatic heterocycles. The molecule has 0 aromatic heterocycles. The Kier molecular flexibility index (Phi) is 27.6. The maximum absolute atomic E-state index is 8.35. The first-order chi connectivity index (χ1) is 8.17. The molecule has 0 radical (unpaired) electrons. The molecule has 6 nitrogen and oxygen atoms in total. The van der Waals surface area contributed by atoms with E-state index < -0.39 is 0 Å². The van der Waals surface area contributed by atoms with E-state index >= 15 is 0 Å². The molecule has 0 saturated heterocycles. The Balaban J connectivity index is -0.000000184. The molecule has 0 unspecified atom stereocenters. The Morgan fingerprint density at radius 3 is 1.35 bits per heavy atom. The van der Waals surface area contributed by atoms with Crippen molar-refractivity contribution >= 4 is 28.5 Å². The average molecular weight is 251 g/mol. The van der Waals surface area contributed by atoms with E-state index in [0.29, 0.717) is 0 Å². The van der Waals surface area contributed by atoms with Gasteiger partial charge in [-0.05, 0) is 6.04 Å². The molecule has 7 heteroatoms. The zero-order valence-corrected chi connectivity index (χ0v) is 11.3. The lowest BCUT2D eigenvalue weighted by Gasteiger charge is -1.89. The van der Waals surface area contributed by atoms with Gasteiger partial charge in [-0.1, -0.05) is 35.9 Å². The molecule has 0 atom stereocenters. The van der Waals surface area contributed by atoms with Crippen LogP contribution in [0.3, 0.4) is 0 Å². The Morgan fingerprint density at radius 2 is 1.18 bits per heavy atom. The molecule has 0 fully saturated rings. The Labute approximate surface area is 102 Å². The van der Waals surface area contributed by atoms with Crippen molar-refractivity contribution in [1.29, 1.82) is 16.2 Å². The van der Waals surface area contributed by atoms with Gasteiger partial charge in [-0.15, -0.1) is 0 Å². The molecule has 1 rings (SSSR count). The van der Waals surface area contributed by atoms with Crippen molar-refractivity contribution < 1.29 is 14.4 Å². The van der Waals surface area contributed by atoms with Crippen molar-refractivity contribution in [2.75, 3.05) is 0 Å². The number of rotatable bonds is 1. The van der Waals surface area contributed by atoms with E-state index in [2.05, 4.69) is 30.3 Å². The van der Waals surface area contributed by atoms with Crippen LogP contribution in [0.5, 0.6) is 0 Å². The number of benzene rings is 1. The van der Waals surface area contributed by atoms with Crippen molar-refractivity contribution in [2.24, 2.45) is 0 Å². The maximum Gasteiger partial charge on any atom is 0.231 e. The summed E-state index contributed by atoms with van der Waals surface area (Å²) in [5, 5.41) is 16.2. The fourth-order valence-electron chi connectivity index (χ4n) is 0.714. The first-order valence-electron chi connectivity index (χ1n) is 4.33. The summed E-state index contributed by atoms with van der Waals surface area (Å²) in [5.41, 5.74) is 1.47. The van der Waals surface area contributed by atoms with Crippen LogP contribution in [0.1, 0.15) is 5.56 Å². The van der Waals surface area contributed by atoms with E-state index in [1.54, 1.807) is 0 Å². The summed E-state index contributed by atoms with van der Waals surface area (Å²) in [6.45, 7) is 0. The Morgan fingerprint density at radius 1 is 0.882 bits per heavy atom. The Bertz CT molecular complexity index is 335. The van der Waals surface area contributed by atoms with Gasteiger partial charge in [0.1, 0.15) is 0 Å². The van der Waals surface area contributed by atoms with E-state index in [-0.39, 0.29) is 0 Å². The van der Waals surface area contributed by atoms with Crippen molar-refractivity contribution in [3.05, 3.63) is 35.9 Å². The molecule has 3 N–H and O–H groups in total. The summed E-state index contributed by atoms with van der Waals surface area (Å²) in [6, 6.07) is 11.9. The predicted molar refractivity (Wildman–Crippen MR) is 65.3 cm³/mol. The largest absolute Gasteiger partial charge is 0.231 e. The van der Waals surface area contributed by atoms with Gasteiger partial charge in [0, 0.05) is 10.2 Å². The second-order valence-corrected chi connectivity index (χ2v) is 2.85. The number of hydrogen-bond acceptors (Lipinski definition) is 6. The van der Waals surface area contributed by atoms with Crippen molar-refractivity contribution in [1.82, 2.24) is 0 Å². The molecule has 17 heavy (non-hydrogen) atoms. The van der Waals surface area contributed by atoms with E-state index in [4.69, 9.17) is 30.6 Å². The van der Waals surface area contributed by atoms with Crippen molar-refractivity contribution in [3.8, 4) is 0 Å². The lowest BCUT2D eigenvalue weighted by molar-refractivity contribution is 0.562. The fraction of sp³-hybridized carbons (Fsp3) is 0.100. The van der Waals surface area contributed by atoms with E-state index in [9.17, 15) is 0 Å². The normalized spacial score (nSPS) is 5.88. The summed E-state index contributed by atoms with van der Waals surface area (Å²) in [6.07, 6.45) is 2.25. The minimum absolute atomic E-state index is 0.750. The smallest absolute Gasteiger partial charge is 0.222 e. The van der Waals surface area contributed by atoms with Crippen LogP contribution in [0.4, 0.5) is 0 Å². The van der Waals surface area contributed by atoms with Gasteiger partial charge in [-0.25, -0.2) is 30.6 Å². The molecular formula is C10H13N3O3Si. The minimum Gasteiger partial charge on any atom is -0.222 e. The third-order valence-electron chi connectivity index (χ3n) is 1.25. The van der Waals surface area contributed by atoms with Crippen LogP contribution in [0.2, 0.25) is 0 Å². The summed E-state index contributed by atoms with van der Waals surface area (Å²) in [4.78, 5) is 25.0. The summed E-state index contributed by atoms with van der Waals surface area (Å²) in [5.74, 6) is 0. The third-order valence-corrected chi connectivity index (χ3v) is 2.07. The maximum atomic E-state index is 8.35. The van der Waals surface area contributed by atoms with Crippen LogP contribution >= 0.6 is 0 Å². The fourth-order valence-corrected chi connectivity index (χ4v) is 1.19. The SMILES string of the molecule is N=C=O.N=C=O.N=C=O.[SiH3]Cc1ccccc1. The summed E-state index contributed by atoms with van der Waals surface area (Å²) < 4.78 is 0. The van der Waals surface area contributed by atoms with Gasteiger partial charge in [0.15, 0.2) is 0 Å². The third kappa shape index (κ3) is 31.7. The molecule has 0 saturated carbocycles. The van der Waals surface area contributed by atoms with E-state index in [0.717, 1.165) is 18.2 Å². The van der Waals surface area contributed by atoms with Gasteiger partial charge in [-0.2, -0.15) is 0 Å². The zero-order valence-electron chi connectivity index (χ0n) is 9.32. The predicted octanol–water partition coefficient (Wildman–Crippen LogP) is 0.255. The van der Waals surface area contributed by atoms with Crippen molar-refractivity contribution in [2.45, 2.75) is 6.04 Å². The topological polar surface area (TPSA) is 123 Å². The molecule has 1 aromatic rings. The van der Waals surface area contributed by atoms with Crippen LogP contribution in [0.15, 0.2) is 30.3 Å². The average Bonchev–Trinajstić information content (AvgIpc) is 2.33. The molecule has 1 aromatic carbocycles. The number of hydrogen-bond donors (Lipinski definition) is 3. The molecule has 0 aliphatic carbocycles. The first kappa shape index (κ1) is 20.0. The van der Waals surface area contributed by atoms with Crippen LogP contribution < -0.4 is 0 Å². The van der Waals surface area contributed by atoms with E-state index in [1.165, 1.54) is 21.9 Å². The lowest BCUT2D eigenvalue weighted by Crippen LogP contribution is -1.78. The summed E-state index contributed by atoms with van der Waals surface area (Å²) in [7, 11) is 1.28. The van der Waals surface area contributed by atoms with Gasteiger partial charge < -0.3 is 0 Å². The molecule has 0 spiro atoms. The molecular weight excluding hydrogens is 238 g/mol. The molecule has 0 aliphatic rings. The lowest BCUT2D eigenvalue weighted by atomic mass is 10.2. The molecule has 90 valence electrons. The monoisotopic (exact) mass is 251 g/mol. The number of carbonyl (C=O) groups excluding carboxylic acids is 3. The second-order valence-electron chi connectivity index (χ2n) is 2.15. The highest BCUT2D eigenvalue weighted by atomic mass is 28.1. The van der Waals surface area contributed by atoms with Gasteiger partial charge in [0.05, 0.1) is 0 Å². The minimum atomic E-state index is 0.750. The van der Waals surface area contributed by atoms with Gasteiger partial charge >= 0.3 is 0 Å². The van der Waals surface area contributed by atoms with Gasteiger partial charge in [-0.3, -0.25) is 0 Å². The quantitative estimate of drug-likeness (QED) is 0.376. The first-order valence-corrected chi connectivity index (χ1v) is 5.75. The molecule has 0 amide bonds. The highest BCUT2D eigenvalue weighted by Crippen LogP contribution is 1.95. The van der Waals surface area contributed by atoms with E-state index in [1.807, 2.05) is 0 Å². The number of isocyanates is 3. The van der Waals surface area contributed by atoms with Crippen LogP contribution in [-0.4, -0.2) is 28.5 Å². The van der Waals surface area contributed by atoms with Gasteiger partial charge in [0.2, 0.25) is 18.2 Å². The van der Waals surface area contributed by atoms with Gasteiger partial charge in [0.25, 0.3) is 0 Å².